The van der Waals surface area contributed by atoms with Crippen LogP contribution in [-0.2, 0) is 21.1 Å². The van der Waals surface area contributed by atoms with Gasteiger partial charge in [-0.3, -0.25) is 4.79 Å². The molecule has 0 radical (unpaired) electrons. The molecule has 0 aliphatic rings. The minimum Gasteiger partial charge on any atom is -0.478 e. The van der Waals surface area contributed by atoms with Gasteiger partial charge in [-0.15, -0.1) is 0 Å². The summed E-state index contributed by atoms with van der Waals surface area (Å²) < 4.78 is 22.6. The lowest BCUT2D eigenvalue weighted by Crippen LogP contribution is -2.16. The van der Waals surface area contributed by atoms with Gasteiger partial charge in [0.25, 0.3) is 0 Å². The number of sulfone groups is 1. The quantitative estimate of drug-likeness (QED) is 0.776. The van der Waals surface area contributed by atoms with Gasteiger partial charge in [0.15, 0.2) is 9.84 Å². The second-order valence-corrected chi connectivity index (χ2v) is 5.56. The summed E-state index contributed by atoms with van der Waals surface area (Å²) in [5.74, 6) is -1.96. The molecule has 92 valence electrons. The average molecular weight is 257 g/mol. The van der Waals surface area contributed by atoms with Crippen molar-refractivity contribution < 1.29 is 23.1 Å². The zero-order valence-electron chi connectivity index (χ0n) is 9.00. The highest BCUT2D eigenvalue weighted by atomic mass is 32.2. The standard InChI is InChI=1S/C10H11NO5S/c1-17(15,16)7-2-3-8(10(13)14)6(4-7)5-9(11)12/h2-4H,5H2,1H3,(H2,11,12)(H,13,14). The third kappa shape index (κ3) is 3.28. The van der Waals surface area contributed by atoms with Crippen molar-refractivity contribution in [3.05, 3.63) is 29.3 Å². The molecule has 0 aliphatic heterocycles. The Morgan fingerprint density at radius 1 is 1.35 bits per heavy atom. The van der Waals surface area contributed by atoms with Crippen LogP contribution in [0, 0.1) is 0 Å². The number of benzene rings is 1. The number of carboxylic acid groups (broad SMARTS) is 1. The predicted octanol–water partition coefficient (Wildman–Crippen LogP) is -0.184. The molecular formula is C10H11NO5S. The highest BCUT2D eigenvalue weighted by Crippen LogP contribution is 2.17. The minimum atomic E-state index is -3.45. The van der Waals surface area contributed by atoms with Crippen LogP contribution in [0.2, 0.25) is 0 Å². The lowest BCUT2D eigenvalue weighted by atomic mass is 10.0. The molecule has 1 aromatic carbocycles. The van der Waals surface area contributed by atoms with E-state index in [0.29, 0.717) is 0 Å². The molecule has 0 aromatic heterocycles. The van der Waals surface area contributed by atoms with Gasteiger partial charge >= 0.3 is 5.97 Å². The van der Waals surface area contributed by atoms with Crippen LogP contribution in [-0.4, -0.2) is 31.7 Å². The maximum absolute atomic E-state index is 11.3. The molecule has 1 aromatic rings. The van der Waals surface area contributed by atoms with Crippen molar-refractivity contribution in [3.63, 3.8) is 0 Å². The van der Waals surface area contributed by atoms with E-state index < -0.39 is 21.7 Å². The van der Waals surface area contributed by atoms with E-state index in [0.717, 1.165) is 18.4 Å². The Morgan fingerprint density at radius 3 is 2.35 bits per heavy atom. The molecule has 17 heavy (non-hydrogen) atoms. The maximum Gasteiger partial charge on any atom is 0.335 e. The third-order valence-electron chi connectivity index (χ3n) is 2.10. The molecule has 0 heterocycles. The third-order valence-corrected chi connectivity index (χ3v) is 3.21. The molecule has 0 atom stereocenters. The fraction of sp³-hybridized carbons (Fsp3) is 0.200. The first-order chi connectivity index (χ1) is 7.71. The molecule has 7 heteroatoms. The molecule has 1 amide bonds. The van der Waals surface area contributed by atoms with Gasteiger partial charge < -0.3 is 10.8 Å². The number of carboxylic acids is 1. The average Bonchev–Trinajstić information content (AvgIpc) is 2.14. The number of primary amides is 1. The van der Waals surface area contributed by atoms with Crippen LogP contribution in [0.5, 0.6) is 0 Å². The Morgan fingerprint density at radius 2 is 1.94 bits per heavy atom. The summed E-state index contributed by atoms with van der Waals surface area (Å²) in [5, 5.41) is 8.87. The fourth-order valence-corrected chi connectivity index (χ4v) is 2.01. The SMILES string of the molecule is CS(=O)(=O)c1ccc(C(=O)O)c(CC(N)=O)c1. The van der Waals surface area contributed by atoms with Gasteiger partial charge in [0.1, 0.15) is 0 Å². The van der Waals surface area contributed by atoms with Crippen molar-refractivity contribution in [1.82, 2.24) is 0 Å². The van der Waals surface area contributed by atoms with E-state index >= 15 is 0 Å². The second-order valence-electron chi connectivity index (χ2n) is 3.54. The summed E-state index contributed by atoms with van der Waals surface area (Å²) in [7, 11) is -3.45. The first kappa shape index (κ1) is 13.2. The van der Waals surface area contributed by atoms with Crippen molar-refractivity contribution in [2.75, 3.05) is 6.26 Å². The zero-order chi connectivity index (χ0) is 13.2. The lowest BCUT2D eigenvalue weighted by Gasteiger charge is -2.06. The minimum absolute atomic E-state index is 0.0428. The monoisotopic (exact) mass is 257 g/mol. The number of amides is 1. The second kappa shape index (κ2) is 4.54. The number of hydrogen-bond acceptors (Lipinski definition) is 4. The summed E-state index contributed by atoms with van der Waals surface area (Å²) in [6, 6.07) is 3.49. The molecule has 0 spiro atoms. The highest BCUT2D eigenvalue weighted by Gasteiger charge is 2.16. The number of carbonyl (C=O) groups excluding carboxylic acids is 1. The van der Waals surface area contributed by atoms with E-state index in [1.165, 1.54) is 6.07 Å². The van der Waals surface area contributed by atoms with E-state index in [1.54, 1.807) is 0 Å². The molecule has 0 fully saturated rings. The largest absolute Gasteiger partial charge is 0.478 e. The van der Waals surface area contributed by atoms with E-state index in [1.807, 2.05) is 0 Å². The van der Waals surface area contributed by atoms with Crippen molar-refractivity contribution in [3.8, 4) is 0 Å². The maximum atomic E-state index is 11.3. The number of aromatic carboxylic acids is 1. The molecule has 0 bridgehead atoms. The molecular weight excluding hydrogens is 246 g/mol. The molecule has 0 unspecified atom stereocenters. The van der Waals surface area contributed by atoms with E-state index in [2.05, 4.69) is 0 Å². The number of rotatable bonds is 4. The van der Waals surface area contributed by atoms with E-state index in [4.69, 9.17) is 10.8 Å². The van der Waals surface area contributed by atoms with Gasteiger partial charge in [0, 0.05) is 6.26 Å². The van der Waals surface area contributed by atoms with E-state index in [9.17, 15) is 18.0 Å². The molecule has 6 nitrogen and oxygen atoms in total. The Bertz CT molecular complexity index is 576. The van der Waals surface area contributed by atoms with Crippen molar-refractivity contribution in [2.24, 2.45) is 5.73 Å². The lowest BCUT2D eigenvalue weighted by molar-refractivity contribution is -0.117. The summed E-state index contributed by atoms with van der Waals surface area (Å²) in [6.07, 6.45) is 0.682. The van der Waals surface area contributed by atoms with Gasteiger partial charge in [-0.2, -0.15) is 0 Å². The zero-order valence-corrected chi connectivity index (χ0v) is 9.82. The van der Waals surface area contributed by atoms with E-state index in [-0.39, 0.29) is 22.4 Å². The number of hydrogen-bond donors (Lipinski definition) is 2. The van der Waals surface area contributed by atoms with Gasteiger partial charge in [-0.25, -0.2) is 13.2 Å². The van der Waals surface area contributed by atoms with Crippen LogP contribution in [0.4, 0.5) is 0 Å². The van der Waals surface area contributed by atoms with Crippen LogP contribution in [0.15, 0.2) is 23.1 Å². The van der Waals surface area contributed by atoms with Crippen LogP contribution >= 0.6 is 0 Å². The molecule has 0 saturated carbocycles. The predicted molar refractivity (Wildman–Crippen MR) is 59.4 cm³/mol. The first-order valence-electron chi connectivity index (χ1n) is 4.56. The van der Waals surface area contributed by atoms with Crippen molar-refractivity contribution in [1.29, 1.82) is 0 Å². The first-order valence-corrected chi connectivity index (χ1v) is 6.45. The van der Waals surface area contributed by atoms with Crippen LogP contribution in [0.25, 0.3) is 0 Å². The topological polar surface area (TPSA) is 115 Å². The Balaban J connectivity index is 3.39. The van der Waals surface area contributed by atoms with Crippen LogP contribution in [0.3, 0.4) is 0 Å². The van der Waals surface area contributed by atoms with Crippen molar-refractivity contribution >= 4 is 21.7 Å². The molecule has 0 saturated heterocycles. The Hall–Kier alpha value is -1.89. The van der Waals surface area contributed by atoms with Gasteiger partial charge in [0.05, 0.1) is 16.9 Å². The molecule has 0 aliphatic carbocycles. The van der Waals surface area contributed by atoms with Gasteiger partial charge in [0.2, 0.25) is 5.91 Å². The summed E-state index contributed by atoms with van der Waals surface area (Å²) >= 11 is 0. The summed E-state index contributed by atoms with van der Waals surface area (Å²) in [6.45, 7) is 0. The summed E-state index contributed by atoms with van der Waals surface area (Å²) in [5.41, 5.74) is 4.93. The van der Waals surface area contributed by atoms with Gasteiger partial charge in [-0.1, -0.05) is 0 Å². The van der Waals surface area contributed by atoms with Crippen molar-refractivity contribution in [2.45, 2.75) is 11.3 Å². The Kier molecular flexibility index (Phi) is 3.52. The highest BCUT2D eigenvalue weighted by molar-refractivity contribution is 7.90. The normalized spacial score (nSPS) is 11.1. The van der Waals surface area contributed by atoms with Crippen LogP contribution in [0.1, 0.15) is 15.9 Å². The molecule has 1 rings (SSSR count). The number of carbonyl (C=O) groups is 2. The van der Waals surface area contributed by atoms with Gasteiger partial charge in [-0.05, 0) is 23.8 Å². The smallest absolute Gasteiger partial charge is 0.335 e. The molecule has 3 N–H and O–H groups in total. The van der Waals surface area contributed by atoms with Crippen LogP contribution < -0.4 is 5.73 Å². The fourth-order valence-electron chi connectivity index (χ4n) is 1.34. The summed E-state index contributed by atoms with van der Waals surface area (Å²) in [4.78, 5) is 21.6. The number of nitrogens with two attached hydrogens (primary N) is 1. The Labute approximate surface area is 98.0 Å².